The lowest BCUT2D eigenvalue weighted by Crippen LogP contribution is -2.23. The number of methoxy groups -OCH3 is 2. The molecular weight excluding hydrogens is 342 g/mol. The van der Waals surface area contributed by atoms with Gasteiger partial charge in [0.05, 0.1) is 31.6 Å². The number of aryl methyl sites for hydroxylation is 1. The normalized spacial score (nSPS) is 10.6. The van der Waals surface area contributed by atoms with Gasteiger partial charge >= 0.3 is 0 Å². The average Bonchev–Trinajstić information content (AvgIpc) is 3.10. The summed E-state index contributed by atoms with van der Waals surface area (Å²) in [5.41, 5.74) is 0.378. The predicted octanol–water partition coefficient (Wildman–Crippen LogP) is 2.50. The van der Waals surface area contributed by atoms with E-state index in [1.165, 1.54) is 29.3 Å². The Kier molecular flexibility index (Phi) is 4.99. The van der Waals surface area contributed by atoms with Gasteiger partial charge in [-0.1, -0.05) is 0 Å². The molecule has 0 aliphatic rings. The van der Waals surface area contributed by atoms with Crippen molar-refractivity contribution < 1.29 is 14.3 Å². The zero-order chi connectivity index (χ0) is 17.8. The molecule has 0 aliphatic carbocycles. The number of thiophene rings is 1. The highest BCUT2D eigenvalue weighted by molar-refractivity contribution is 7.16. The number of carbonyl (C=O) groups excluding carboxylic acids is 1. The van der Waals surface area contributed by atoms with Crippen LogP contribution in [-0.4, -0.2) is 29.7 Å². The largest absolute Gasteiger partial charge is 0.497 e. The van der Waals surface area contributed by atoms with Gasteiger partial charge in [-0.2, -0.15) is 0 Å². The second kappa shape index (κ2) is 7.35. The topological polar surface area (TPSA) is 82.4 Å². The van der Waals surface area contributed by atoms with Crippen LogP contribution in [0.1, 0.15) is 6.42 Å². The molecule has 0 radical (unpaired) electrons. The van der Waals surface area contributed by atoms with Gasteiger partial charge in [-0.25, -0.2) is 4.98 Å². The molecule has 130 valence electrons. The van der Waals surface area contributed by atoms with Gasteiger partial charge in [0.2, 0.25) is 5.91 Å². The lowest BCUT2D eigenvalue weighted by Gasteiger charge is -2.12. The van der Waals surface area contributed by atoms with Crippen molar-refractivity contribution in [2.45, 2.75) is 13.0 Å². The molecule has 0 aliphatic heterocycles. The van der Waals surface area contributed by atoms with E-state index in [1.807, 2.05) is 5.38 Å². The summed E-state index contributed by atoms with van der Waals surface area (Å²) in [6.45, 7) is 0.246. The van der Waals surface area contributed by atoms with Crippen LogP contribution in [0, 0.1) is 0 Å². The number of ether oxygens (including phenoxy) is 2. The van der Waals surface area contributed by atoms with Crippen LogP contribution >= 0.6 is 11.3 Å². The Morgan fingerprint density at radius 1 is 1.28 bits per heavy atom. The number of rotatable bonds is 6. The van der Waals surface area contributed by atoms with Crippen LogP contribution < -0.4 is 20.3 Å². The summed E-state index contributed by atoms with van der Waals surface area (Å²) in [5, 5.41) is 5.18. The van der Waals surface area contributed by atoms with Crippen molar-refractivity contribution in [2.75, 3.05) is 19.5 Å². The molecule has 1 amide bonds. The minimum atomic E-state index is -0.233. The molecule has 0 unspecified atom stereocenters. The van der Waals surface area contributed by atoms with Crippen LogP contribution in [-0.2, 0) is 11.3 Å². The third-order valence-corrected chi connectivity index (χ3v) is 4.53. The summed E-state index contributed by atoms with van der Waals surface area (Å²) < 4.78 is 11.8. The number of carbonyl (C=O) groups is 1. The minimum absolute atomic E-state index is 0.137. The summed E-state index contributed by atoms with van der Waals surface area (Å²) in [6, 6.07) is 6.89. The Balaban J connectivity index is 1.70. The summed E-state index contributed by atoms with van der Waals surface area (Å²) in [6.07, 6.45) is 1.61. The molecular formula is C17H17N3O4S. The minimum Gasteiger partial charge on any atom is -0.497 e. The van der Waals surface area contributed by atoms with Gasteiger partial charge in [0, 0.05) is 19.0 Å². The van der Waals surface area contributed by atoms with Crippen molar-refractivity contribution in [2.24, 2.45) is 0 Å². The number of hydrogen-bond acceptors (Lipinski definition) is 6. The molecule has 2 heterocycles. The maximum Gasteiger partial charge on any atom is 0.262 e. The molecule has 1 N–H and O–H groups in total. The van der Waals surface area contributed by atoms with Gasteiger partial charge < -0.3 is 14.8 Å². The second-order valence-corrected chi connectivity index (χ2v) is 6.14. The number of anilines is 1. The Labute approximate surface area is 147 Å². The number of amides is 1. The predicted molar refractivity (Wildman–Crippen MR) is 96.7 cm³/mol. The molecule has 2 aromatic heterocycles. The van der Waals surface area contributed by atoms with Crippen molar-refractivity contribution in [3.8, 4) is 11.5 Å². The van der Waals surface area contributed by atoms with Gasteiger partial charge in [0.25, 0.3) is 5.56 Å². The van der Waals surface area contributed by atoms with E-state index in [1.54, 1.807) is 31.4 Å². The fourth-order valence-corrected chi connectivity index (χ4v) is 3.12. The van der Waals surface area contributed by atoms with E-state index in [9.17, 15) is 9.59 Å². The average molecular weight is 359 g/mol. The molecule has 25 heavy (non-hydrogen) atoms. The Morgan fingerprint density at radius 3 is 2.88 bits per heavy atom. The van der Waals surface area contributed by atoms with E-state index < -0.39 is 0 Å². The molecule has 0 saturated heterocycles. The highest BCUT2D eigenvalue weighted by Crippen LogP contribution is 2.28. The first-order chi connectivity index (χ1) is 12.1. The fourth-order valence-electron chi connectivity index (χ4n) is 2.40. The Bertz CT molecular complexity index is 964. The summed E-state index contributed by atoms with van der Waals surface area (Å²) in [7, 11) is 3.08. The van der Waals surface area contributed by atoms with Gasteiger partial charge in [-0.3, -0.25) is 14.2 Å². The van der Waals surface area contributed by atoms with E-state index >= 15 is 0 Å². The van der Waals surface area contributed by atoms with Crippen LogP contribution in [0.4, 0.5) is 5.69 Å². The molecule has 3 aromatic rings. The Hall–Kier alpha value is -2.87. The first-order valence-corrected chi connectivity index (χ1v) is 8.45. The quantitative estimate of drug-likeness (QED) is 0.731. The van der Waals surface area contributed by atoms with Crippen LogP contribution in [0.3, 0.4) is 0 Å². The third kappa shape index (κ3) is 3.63. The number of benzene rings is 1. The van der Waals surface area contributed by atoms with Gasteiger partial charge in [0.1, 0.15) is 16.3 Å². The molecule has 0 saturated carbocycles. The summed E-state index contributed by atoms with van der Waals surface area (Å²) >= 11 is 1.41. The number of aromatic nitrogens is 2. The van der Waals surface area contributed by atoms with Gasteiger partial charge in [-0.15, -0.1) is 11.3 Å². The molecule has 8 heteroatoms. The first kappa shape index (κ1) is 17.0. The number of nitrogens with one attached hydrogen (secondary N) is 1. The smallest absolute Gasteiger partial charge is 0.262 e. The van der Waals surface area contributed by atoms with E-state index in [0.717, 1.165) is 0 Å². The van der Waals surface area contributed by atoms with Crippen LogP contribution in [0.25, 0.3) is 10.2 Å². The van der Waals surface area contributed by atoms with E-state index in [2.05, 4.69) is 10.3 Å². The van der Waals surface area contributed by atoms with Crippen LogP contribution in [0.5, 0.6) is 11.5 Å². The molecule has 0 fully saturated rings. The maximum absolute atomic E-state index is 12.3. The summed E-state index contributed by atoms with van der Waals surface area (Å²) in [4.78, 5) is 29.5. The van der Waals surface area contributed by atoms with Crippen molar-refractivity contribution in [1.29, 1.82) is 0 Å². The zero-order valence-electron chi connectivity index (χ0n) is 13.8. The monoisotopic (exact) mass is 359 g/mol. The van der Waals surface area contributed by atoms with Crippen molar-refractivity contribution in [3.05, 3.63) is 46.3 Å². The Morgan fingerprint density at radius 2 is 2.12 bits per heavy atom. The molecule has 0 spiro atoms. The van der Waals surface area contributed by atoms with Crippen LogP contribution in [0.15, 0.2) is 40.8 Å². The summed E-state index contributed by atoms with van der Waals surface area (Å²) in [5.74, 6) is 0.913. The first-order valence-electron chi connectivity index (χ1n) is 7.57. The lowest BCUT2D eigenvalue weighted by atomic mass is 10.2. The number of hydrogen-bond donors (Lipinski definition) is 1. The van der Waals surface area contributed by atoms with E-state index in [-0.39, 0.29) is 24.4 Å². The number of fused-ring (bicyclic) bond motifs is 1. The van der Waals surface area contributed by atoms with E-state index in [0.29, 0.717) is 27.4 Å². The van der Waals surface area contributed by atoms with Crippen LogP contribution in [0.2, 0.25) is 0 Å². The lowest BCUT2D eigenvalue weighted by molar-refractivity contribution is -0.116. The van der Waals surface area contributed by atoms with Crippen molar-refractivity contribution in [3.63, 3.8) is 0 Å². The van der Waals surface area contributed by atoms with E-state index in [4.69, 9.17) is 9.47 Å². The molecule has 0 atom stereocenters. The standard InChI is InChI=1S/C17H17N3O4S/c1-23-11-3-4-14(24-2)13(9-11)19-15(21)5-7-20-10-18-16-12(17(20)22)6-8-25-16/h3-4,6,8-10H,5,7H2,1-2H3,(H,19,21). The fraction of sp³-hybridized carbons (Fsp3) is 0.235. The third-order valence-electron chi connectivity index (χ3n) is 3.71. The van der Waals surface area contributed by atoms with Gasteiger partial charge in [0.15, 0.2) is 0 Å². The molecule has 7 nitrogen and oxygen atoms in total. The molecule has 0 bridgehead atoms. The zero-order valence-corrected chi connectivity index (χ0v) is 14.6. The maximum atomic E-state index is 12.3. The van der Waals surface area contributed by atoms with Crippen molar-refractivity contribution in [1.82, 2.24) is 9.55 Å². The van der Waals surface area contributed by atoms with Crippen molar-refractivity contribution >= 4 is 33.1 Å². The molecule has 1 aromatic carbocycles. The molecule has 3 rings (SSSR count). The second-order valence-electron chi connectivity index (χ2n) is 5.25. The number of nitrogens with zero attached hydrogens (tertiary/aromatic N) is 2. The SMILES string of the molecule is COc1ccc(OC)c(NC(=O)CCn2cnc3sccc3c2=O)c1. The highest BCUT2D eigenvalue weighted by atomic mass is 32.1. The highest BCUT2D eigenvalue weighted by Gasteiger charge is 2.11. The van der Waals surface area contributed by atoms with Gasteiger partial charge in [-0.05, 0) is 23.6 Å².